The van der Waals surface area contributed by atoms with Gasteiger partial charge in [-0.15, -0.1) is 6.58 Å². The predicted molar refractivity (Wildman–Crippen MR) is 70.4 cm³/mol. The van der Waals surface area contributed by atoms with E-state index < -0.39 is 0 Å². The lowest BCUT2D eigenvalue weighted by atomic mass is 10.1. The standard InChI is InChI=1S/C12H20N4O2/c1-4-6-18-7-5-14-12(17)11-9(13)10(8(2)3)15-16-11/h4,8H,1,5-7,13H2,2-3H3,(H,14,17)(H,15,16). The van der Waals surface area contributed by atoms with Gasteiger partial charge in [0.15, 0.2) is 5.69 Å². The quantitative estimate of drug-likeness (QED) is 0.499. The molecule has 100 valence electrons. The third-order valence-electron chi connectivity index (χ3n) is 2.39. The van der Waals surface area contributed by atoms with Crippen LogP contribution in [0.3, 0.4) is 0 Å². The van der Waals surface area contributed by atoms with Gasteiger partial charge in [0.1, 0.15) is 0 Å². The fourth-order valence-corrected chi connectivity index (χ4v) is 1.46. The first-order valence-corrected chi connectivity index (χ1v) is 5.88. The summed E-state index contributed by atoms with van der Waals surface area (Å²) in [4.78, 5) is 11.8. The molecule has 1 heterocycles. The number of hydrogen-bond donors (Lipinski definition) is 3. The van der Waals surface area contributed by atoms with E-state index in [0.29, 0.717) is 25.4 Å². The minimum atomic E-state index is -0.294. The van der Waals surface area contributed by atoms with Crippen molar-refractivity contribution in [2.24, 2.45) is 0 Å². The molecule has 0 saturated heterocycles. The van der Waals surface area contributed by atoms with Crippen LogP contribution in [-0.2, 0) is 4.74 Å². The molecule has 6 heteroatoms. The SMILES string of the molecule is C=CCOCCNC(=O)c1n[nH]c(C(C)C)c1N. The molecule has 0 unspecified atom stereocenters. The van der Waals surface area contributed by atoms with Gasteiger partial charge in [-0.2, -0.15) is 5.10 Å². The second-order valence-electron chi connectivity index (χ2n) is 4.17. The van der Waals surface area contributed by atoms with Crippen LogP contribution >= 0.6 is 0 Å². The monoisotopic (exact) mass is 252 g/mol. The van der Waals surface area contributed by atoms with Gasteiger partial charge >= 0.3 is 0 Å². The summed E-state index contributed by atoms with van der Waals surface area (Å²) in [5.41, 5.74) is 7.29. The Hall–Kier alpha value is -1.82. The molecule has 0 aliphatic heterocycles. The Morgan fingerprint density at radius 3 is 2.94 bits per heavy atom. The molecule has 0 aliphatic carbocycles. The lowest BCUT2D eigenvalue weighted by Gasteiger charge is -2.05. The predicted octanol–water partition coefficient (Wildman–Crippen LogP) is 1.05. The molecule has 0 spiro atoms. The van der Waals surface area contributed by atoms with E-state index in [2.05, 4.69) is 22.1 Å². The van der Waals surface area contributed by atoms with Crippen LogP contribution in [0.1, 0.15) is 35.9 Å². The van der Waals surface area contributed by atoms with Crippen LogP contribution in [0.15, 0.2) is 12.7 Å². The fraction of sp³-hybridized carbons (Fsp3) is 0.500. The van der Waals surface area contributed by atoms with Crippen molar-refractivity contribution < 1.29 is 9.53 Å². The van der Waals surface area contributed by atoms with Gasteiger partial charge in [-0.05, 0) is 5.92 Å². The summed E-state index contributed by atoms with van der Waals surface area (Å²) in [6, 6.07) is 0. The number of anilines is 1. The molecular formula is C12H20N4O2. The number of amides is 1. The zero-order valence-electron chi connectivity index (χ0n) is 10.8. The van der Waals surface area contributed by atoms with Crippen molar-refractivity contribution in [2.45, 2.75) is 19.8 Å². The molecule has 1 amide bonds. The number of nitrogens with one attached hydrogen (secondary N) is 2. The van der Waals surface area contributed by atoms with E-state index in [0.717, 1.165) is 5.69 Å². The molecule has 1 rings (SSSR count). The van der Waals surface area contributed by atoms with Gasteiger partial charge < -0.3 is 15.8 Å². The highest BCUT2D eigenvalue weighted by atomic mass is 16.5. The number of aromatic nitrogens is 2. The van der Waals surface area contributed by atoms with Crippen LogP contribution in [0.4, 0.5) is 5.69 Å². The average molecular weight is 252 g/mol. The molecule has 18 heavy (non-hydrogen) atoms. The summed E-state index contributed by atoms with van der Waals surface area (Å²) in [7, 11) is 0. The van der Waals surface area contributed by atoms with Gasteiger partial charge in [-0.1, -0.05) is 19.9 Å². The molecular weight excluding hydrogens is 232 g/mol. The van der Waals surface area contributed by atoms with E-state index in [1.54, 1.807) is 6.08 Å². The Bertz CT molecular complexity index is 412. The van der Waals surface area contributed by atoms with E-state index in [1.165, 1.54) is 0 Å². The van der Waals surface area contributed by atoms with Gasteiger partial charge in [-0.3, -0.25) is 9.89 Å². The van der Waals surface area contributed by atoms with Crippen molar-refractivity contribution in [2.75, 3.05) is 25.5 Å². The van der Waals surface area contributed by atoms with E-state index >= 15 is 0 Å². The molecule has 0 atom stereocenters. The van der Waals surface area contributed by atoms with E-state index in [1.807, 2.05) is 13.8 Å². The maximum absolute atomic E-state index is 11.8. The van der Waals surface area contributed by atoms with Crippen molar-refractivity contribution in [1.29, 1.82) is 0 Å². The summed E-state index contributed by atoms with van der Waals surface area (Å²) >= 11 is 0. The Morgan fingerprint density at radius 2 is 2.39 bits per heavy atom. The third-order valence-corrected chi connectivity index (χ3v) is 2.39. The highest BCUT2D eigenvalue weighted by molar-refractivity contribution is 5.97. The first-order chi connectivity index (χ1) is 8.57. The van der Waals surface area contributed by atoms with Gasteiger partial charge in [0, 0.05) is 6.54 Å². The van der Waals surface area contributed by atoms with Crippen molar-refractivity contribution in [3.8, 4) is 0 Å². The highest BCUT2D eigenvalue weighted by Crippen LogP contribution is 2.21. The second-order valence-corrected chi connectivity index (χ2v) is 4.17. The first kappa shape index (κ1) is 14.2. The summed E-state index contributed by atoms with van der Waals surface area (Å²) in [6.07, 6.45) is 1.66. The van der Waals surface area contributed by atoms with Gasteiger partial charge in [-0.25, -0.2) is 0 Å². The molecule has 1 aromatic heterocycles. The normalized spacial score (nSPS) is 10.6. The Kier molecular flexibility index (Phi) is 5.38. The first-order valence-electron chi connectivity index (χ1n) is 5.88. The summed E-state index contributed by atoms with van der Waals surface area (Å²) in [5, 5.41) is 9.41. The molecule has 0 saturated carbocycles. The molecule has 0 bridgehead atoms. The van der Waals surface area contributed by atoms with Crippen LogP contribution in [0.5, 0.6) is 0 Å². The number of carbonyl (C=O) groups is 1. The molecule has 4 N–H and O–H groups in total. The number of H-pyrrole nitrogens is 1. The number of carbonyl (C=O) groups excluding carboxylic acids is 1. The largest absolute Gasteiger partial charge is 0.395 e. The Balaban J connectivity index is 2.49. The van der Waals surface area contributed by atoms with Crippen LogP contribution in [0.25, 0.3) is 0 Å². The zero-order chi connectivity index (χ0) is 13.5. The average Bonchev–Trinajstić information content (AvgIpc) is 2.70. The van der Waals surface area contributed by atoms with Gasteiger partial charge in [0.2, 0.25) is 0 Å². The third kappa shape index (κ3) is 3.59. The molecule has 0 aromatic carbocycles. The van der Waals surface area contributed by atoms with Crippen LogP contribution in [0.2, 0.25) is 0 Å². The Labute approximate surface area is 107 Å². The number of aromatic amines is 1. The van der Waals surface area contributed by atoms with Gasteiger partial charge in [0.05, 0.1) is 24.6 Å². The van der Waals surface area contributed by atoms with E-state index in [9.17, 15) is 4.79 Å². The molecule has 1 aromatic rings. The lowest BCUT2D eigenvalue weighted by Crippen LogP contribution is -2.28. The number of ether oxygens (including phenoxy) is 1. The van der Waals surface area contributed by atoms with E-state index in [4.69, 9.17) is 10.5 Å². The topological polar surface area (TPSA) is 93.0 Å². The van der Waals surface area contributed by atoms with Crippen molar-refractivity contribution in [1.82, 2.24) is 15.5 Å². The number of nitrogens with zero attached hydrogens (tertiary/aromatic N) is 1. The van der Waals surface area contributed by atoms with E-state index in [-0.39, 0.29) is 17.5 Å². The number of nitrogens with two attached hydrogens (primary N) is 1. The molecule has 6 nitrogen and oxygen atoms in total. The van der Waals surface area contributed by atoms with Crippen LogP contribution in [-0.4, -0.2) is 35.9 Å². The summed E-state index contributed by atoms with van der Waals surface area (Å²) in [5.74, 6) is -0.0900. The maximum Gasteiger partial charge on any atom is 0.274 e. The molecule has 0 aliphatic rings. The number of rotatable bonds is 7. The summed E-state index contributed by atoms with van der Waals surface area (Å²) in [6.45, 7) is 8.80. The Morgan fingerprint density at radius 1 is 1.67 bits per heavy atom. The smallest absolute Gasteiger partial charge is 0.274 e. The minimum absolute atomic E-state index is 0.204. The van der Waals surface area contributed by atoms with Gasteiger partial charge in [0.25, 0.3) is 5.91 Å². The molecule has 0 radical (unpaired) electrons. The minimum Gasteiger partial charge on any atom is -0.395 e. The summed E-state index contributed by atoms with van der Waals surface area (Å²) < 4.78 is 5.15. The molecule has 0 fully saturated rings. The fourth-order valence-electron chi connectivity index (χ4n) is 1.46. The second kappa shape index (κ2) is 6.80. The van der Waals surface area contributed by atoms with Crippen molar-refractivity contribution in [3.05, 3.63) is 24.0 Å². The highest BCUT2D eigenvalue weighted by Gasteiger charge is 2.18. The maximum atomic E-state index is 11.8. The lowest BCUT2D eigenvalue weighted by molar-refractivity contribution is 0.0924. The van der Waals surface area contributed by atoms with Crippen LogP contribution < -0.4 is 11.1 Å². The number of hydrogen-bond acceptors (Lipinski definition) is 4. The van der Waals surface area contributed by atoms with Crippen molar-refractivity contribution >= 4 is 11.6 Å². The zero-order valence-corrected chi connectivity index (χ0v) is 10.8. The van der Waals surface area contributed by atoms with Crippen LogP contribution in [0, 0.1) is 0 Å². The number of nitrogen functional groups attached to an aromatic ring is 1. The van der Waals surface area contributed by atoms with Crippen molar-refractivity contribution in [3.63, 3.8) is 0 Å².